The van der Waals surface area contributed by atoms with Gasteiger partial charge in [0, 0.05) is 41.3 Å². The summed E-state index contributed by atoms with van der Waals surface area (Å²) in [7, 11) is 0. The number of aromatic nitrogens is 1. The van der Waals surface area contributed by atoms with Crippen LogP contribution in [0.1, 0.15) is 36.4 Å². The first-order chi connectivity index (χ1) is 17.8. The molecule has 0 saturated heterocycles. The number of hydrogen-bond acceptors (Lipinski definition) is 1. The molecule has 2 aliphatic heterocycles. The second kappa shape index (κ2) is 8.44. The summed E-state index contributed by atoms with van der Waals surface area (Å²) < 4.78 is 34.4. The number of para-hydroxylation sites is 2. The van der Waals surface area contributed by atoms with Crippen LogP contribution < -0.4 is 4.90 Å². The summed E-state index contributed by atoms with van der Waals surface area (Å²) in [5.74, 6) is 0. The molecule has 3 aromatic carbocycles. The van der Waals surface area contributed by atoms with Crippen LogP contribution in [0, 0.1) is 13.8 Å². The van der Waals surface area contributed by atoms with Gasteiger partial charge in [0.2, 0.25) is 0 Å². The van der Waals surface area contributed by atoms with Crippen LogP contribution in [0.25, 0.3) is 5.57 Å². The van der Waals surface area contributed by atoms with E-state index in [-0.39, 0.29) is 0 Å². The van der Waals surface area contributed by atoms with E-state index in [2.05, 4.69) is 53.4 Å². The van der Waals surface area contributed by atoms with E-state index < -0.39 is 6.97 Å². The first kappa shape index (κ1) is 23.2. The first-order valence-corrected chi connectivity index (χ1v) is 12.6. The minimum atomic E-state index is -3.98. The number of anilines is 3. The van der Waals surface area contributed by atoms with Crippen LogP contribution in [-0.2, 0) is 0 Å². The summed E-state index contributed by atoms with van der Waals surface area (Å²) in [6.45, 7) is 3.39. The van der Waals surface area contributed by atoms with Gasteiger partial charge in [-0.2, -0.15) is 0 Å². The molecule has 0 bridgehead atoms. The molecule has 1 aromatic heterocycles. The summed E-state index contributed by atoms with van der Waals surface area (Å²) in [6.07, 6.45) is 1.86. The molecule has 0 fully saturated rings. The molecular formula is C31H28BF2N3. The SMILES string of the molecule is CC1=CC(C)=[N+]2C1=C(c1ccc(N(c3ccccc3)c3ccccc3)cc1)c1c(C)cc(C)n1[B-]2(F)F. The molecular weight excluding hydrogens is 463 g/mol. The highest BCUT2D eigenvalue weighted by Gasteiger charge is 2.55. The fraction of sp³-hybridized carbons (Fsp3) is 0.129. The molecule has 3 nitrogen and oxygen atoms in total. The van der Waals surface area contributed by atoms with Gasteiger partial charge < -0.3 is 22.5 Å². The maximum atomic E-state index is 15.9. The van der Waals surface area contributed by atoms with Crippen LogP contribution >= 0.6 is 0 Å². The van der Waals surface area contributed by atoms with E-state index in [4.69, 9.17) is 0 Å². The van der Waals surface area contributed by atoms with E-state index in [9.17, 15) is 0 Å². The van der Waals surface area contributed by atoms with Crippen LogP contribution in [-0.4, -0.2) is 21.6 Å². The highest BCUT2D eigenvalue weighted by atomic mass is 19.2. The molecule has 0 unspecified atom stereocenters. The number of halogens is 2. The fourth-order valence-corrected chi connectivity index (χ4v) is 5.95. The van der Waals surface area contributed by atoms with Gasteiger partial charge in [-0.1, -0.05) is 48.5 Å². The standard InChI is InChI=1S/C31H28BF2N3/c1-21-19-23(3)36-30(21)29(31-22(2)20-24(4)37(31)32(36,33)34)25-15-17-28(18-16-25)35(26-11-7-5-8-12-26)27-13-9-6-10-14-27/h5-20H,1-4H3. The van der Waals surface area contributed by atoms with Crippen LogP contribution in [0.15, 0.2) is 108 Å². The molecule has 0 amide bonds. The zero-order valence-electron chi connectivity index (χ0n) is 21.4. The number of rotatable bonds is 4. The van der Waals surface area contributed by atoms with Crippen LogP contribution in [0.4, 0.5) is 25.7 Å². The smallest absolute Gasteiger partial charge is 0.393 e. The highest BCUT2D eigenvalue weighted by Crippen LogP contribution is 2.44. The Morgan fingerprint density at radius 1 is 0.730 bits per heavy atom. The first-order valence-electron chi connectivity index (χ1n) is 12.6. The average Bonchev–Trinajstić information content (AvgIpc) is 3.37. The Morgan fingerprint density at radius 3 is 1.84 bits per heavy atom. The minimum Gasteiger partial charge on any atom is -0.393 e. The van der Waals surface area contributed by atoms with Crippen molar-refractivity contribution < 1.29 is 13.1 Å². The van der Waals surface area contributed by atoms with Gasteiger partial charge in [-0.3, -0.25) is 0 Å². The molecule has 0 saturated carbocycles. The fourth-order valence-electron chi connectivity index (χ4n) is 5.95. The number of allylic oxidation sites excluding steroid dienone is 2. The monoisotopic (exact) mass is 491 g/mol. The number of nitrogens with zero attached hydrogens (tertiary/aromatic N) is 3. The van der Waals surface area contributed by atoms with Crippen molar-refractivity contribution in [3.63, 3.8) is 0 Å². The third kappa shape index (κ3) is 3.51. The summed E-state index contributed by atoms with van der Waals surface area (Å²) in [4.78, 5) is 2.20. The Labute approximate surface area is 216 Å². The largest absolute Gasteiger partial charge is 0.737 e. The third-order valence-electron chi connectivity index (χ3n) is 7.38. The highest BCUT2D eigenvalue weighted by molar-refractivity contribution is 6.58. The van der Waals surface area contributed by atoms with Gasteiger partial charge in [-0.15, -0.1) is 0 Å². The van der Waals surface area contributed by atoms with Crippen molar-refractivity contribution in [2.75, 3.05) is 4.90 Å². The summed E-state index contributed by atoms with van der Waals surface area (Å²) in [5.41, 5.74) is 8.94. The molecule has 0 atom stereocenters. The molecule has 6 rings (SSSR count). The van der Waals surface area contributed by atoms with Crippen molar-refractivity contribution in [1.82, 2.24) is 4.48 Å². The summed E-state index contributed by atoms with van der Waals surface area (Å²) in [6, 6.07) is 30.6. The topological polar surface area (TPSA) is 11.2 Å². The molecule has 2 aliphatic rings. The average molecular weight is 491 g/mol. The van der Waals surface area contributed by atoms with E-state index in [0.717, 1.165) is 39.3 Å². The minimum absolute atomic E-state index is 0.572. The number of benzene rings is 3. The van der Waals surface area contributed by atoms with Crippen LogP contribution in [0.3, 0.4) is 0 Å². The molecule has 0 aliphatic carbocycles. The molecule has 184 valence electrons. The van der Waals surface area contributed by atoms with Crippen molar-refractivity contribution in [2.24, 2.45) is 0 Å². The molecule has 4 aromatic rings. The maximum Gasteiger partial charge on any atom is 0.737 e. The van der Waals surface area contributed by atoms with Gasteiger partial charge in [0.15, 0.2) is 5.70 Å². The van der Waals surface area contributed by atoms with Gasteiger partial charge >= 0.3 is 6.97 Å². The van der Waals surface area contributed by atoms with Gasteiger partial charge in [-0.25, -0.2) is 0 Å². The molecule has 0 spiro atoms. The van der Waals surface area contributed by atoms with Gasteiger partial charge in [0.1, 0.15) is 5.71 Å². The Morgan fingerprint density at radius 2 is 1.27 bits per heavy atom. The molecule has 37 heavy (non-hydrogen) atoms. The summed E-state index contributed by atoms with van der Waals surface area (Å²) >= 11 is 0. The van der Waals surface area contributed by atoms with Crippen LogP contribution in [0.5, 0.6) is 0 Å². The van der Waals surface area contributed by atoms with Crippen molar-refractivity contribution >= 4 is 35.3 Å². The molecule has 6 heteroatoms. The van der Waals surface area contributed by atoms with E-state index in [1.54, 1.807) is 13.8 Å². The number of fused-ring (bicyclic) bond motifs is 2. The Hall–Kier alpha value is -4.19. The second-order valence-corrected chi connectivity index (χ2v) is 9.89. The second-order valence-electron chi connectivity index (χ2n) is 9.89. The van der Waals surface area contributed by atoms with E-state index >= 15 is 8.63 Å². The zero-order chi connectivity index (χ0) is 25.9. The normalized spacial score (nSPS) is 16.0. The number of hydrogen-bond donors (Lipinski definition) is 0. The zero-order valence-corrected chi connectivity index (χ0v) is 21.4. The van der Waals surface area contributed by atoms with Crippen molar-refractivity contribution in [3.8, 4) is 0 Å². The van der Waals surface area contributed by atoms with E-state index in [1.807, 2.05) is 62.4 Å². The van der Waals surface area contributed by atoms with E-state index in [0.29, 0.717) is 22.8 Å². The molecule has 0 N–H and O–H groups in total. The van der Waals surface area contributed by atoms with Gasteiger partial charge in [-0.05, 0) is 80.1 Å². The van der Waals surface area contributed by atoms with E-state index in [1.165, 1.54) is 8.96 Å². The Kier molecular flexibility index (Phi) is 5.30. The Balaban J connectivity index is 1.54. The van der Waals surface area contributed by atoms with Crippen molar-refractivity contribution in [3.05, 3.63) is 131 Å². The van der Waals surface area contributed by atoms with Gasteiger partial charge in [0.25, 0.3) is 0 Å². The predicted octanol–water partition coefficient (Wildman–Crippen LogP) is 8.00. The summed E-state index contributed by atoms with van der Waals surface area (Å²) in [5, 5.41) is 0. The lowest BCUT2D eigenvalue weighted by molar-refractivity contribution is -0.363. The molecule has 3 heterocycles. The lowest BCUT2D eigenvalue weighted by atomic mass is 9.84. The maximum absolute atomic E-state index is 15.9. The molecule has 0 radical (unpaired) electrons. The lowest BCUT2D eigenvalue weighted by Crippen LogP contribution is -2.51. The lowest BCUT2D eigenvalue weighted by Gasteiger charge is -2.34. The Bertz CT molecular complexity index is 1570. The third-order valence-corrected chi connectivity index (χ3v) is 7.38. The van der Waals surface area contributed by atoms with Crippen LogP contribution in [0.2, 0.25) is 0 Å². The van der Waals surface area contributed by atoms with Crippen molar-refractivity contribution in [2.45, 2.75) is 27.7 Å². The predicted molar refractivity (Wildman–Crippen MR) is 149 cm³/mol. The quantitative estimate of drug-likeness (QED) is 0.263. The number of aryl methyl sites for hydroxylation is 2. The van der Waals surface area contributed by atoms with Gasteiger partial charge in [0.05, 0.1) is 5.57 Å². The van der Waals surface area contributed by atoms with Crippen molar-refractivity contribution in [1.29, 1.82) is 0 Å².